The Morgan fingerprint density at radius 3 is 2.71 bits per heavy atom. The number of terminal acetylenes is 1. The van der Waals surface area contributed by atoms with Gasteiger partial charge in [0.2, 0.25) is 10.0 Å². The summed E-state index contributed by atoms with van der Waals surface area (Å²) in [5, 5.41) is 8.99. The van der Waals surface area contributed by atoms with Gasteiger partial charge in [0, 0.05) is 6.54 Å². The van der Waals surface area contributed by atoms with E-state index in [0.29, 0.717) is 12.1 Å². The van der Waals surface area contributed by atoms with Gasteiger partial charge in [-0.1, -0.05) is 25.0 Å². The molecule has 0 atom stereocenters. The molecule has 0 unspecified atom stereocenters. The van der Waals surface area contributed by atoms with E-state index in [1.807, 2.05) is 0 Å². The summed E-state index contributed by atoms with van der Waals surface area (Å²) in [7, 11) is -3.57. The molecule has 0 spiro atoms. The van der Waals surface area contributed by atoms with Crippen LogP contribution in [0.25, 0.3) is 0 Å². The molecule has 0 fully saturated rings. The Kier molecular flexibility index (Phi) is 4.70. The summed E-state index contributed by atoms with van der Waals surface area (Å²) in [5.41, 5.74) is 0.558. The summed E-state index contributed by atoms with van der Waals surface area (Å²) >= 11 is 0. The van der Waals surface area contributed by atoms with E-state index in [4.69, 9.17) is 11.5 Å². The Morgan fingerprint density at radius 1 is 1.47 bits per heavy atom. The number of nitrogens with zero attached hydrogens (tertiary/aromatic N) is 1. The molecule has 17 heavy (non-hydrogen) atoms. The van der Waals surface area contributed by atoms with E-state index in [2.05, 4.69) is 5.92 Å². The smallest absolute Gasteiger partial charge is 0.243 e. The molecule has 0 bridgehead atoms. The Morgan fingerprint density at radius 2 is 2.18 bits per heavy atom. The molecule has 0 saturated heterocycles. The van der Waals surface area contributed by atoms with Gasteiger partial charge in [0.15, 0.2) is 0 Å². The summed E-state index contributed by atoms with van der Waals surface area (Å²) in [4.78, 5) is 0.154. The second-order valence-corrected chi connectivity index (χ2v) is 5.38. The van der Waals surface area contributed by atoms with Crippen LogP contribution in [0.3, 0.4) is 0 Å². The Bertz CT molecular complexity index is 517. The number of aliphatic hydroxyl groups excluding tert-OH is 1. The number of aliphatic hydroxyl groups is 1. The van der Waals surface area contributed by atoms with E-state index in [1.165, 1.54) is 16.4 Å². The fraction of sp³-hybridized carbons (Fsp3) is 0.333. The van der Waals surface area contributed by atoms with Crippen molar-refractivity contribution in [3.63, 3.8) is 0 Å². The van der Waals surface area contributed by atoms with E-state index in [1.54, 1.807) is 19.1 Å². The molecule has 0 aliphatic carbocycles. The molecule has 1 N–H and O–H groups in total. The quantitative estimate of drug-likeness (QED) is 0.790. The predicted molar refractivity (Wildman–Crippen MR) is 65.6 cm³/mol. The molecule has 92 valence electrons. The maximum Gasteiger partial charge on any atom is 0.243 e. The van der Waals surface area contributed by atoms with Gasteiger partial charge < -0.3 is 5.11 Å². The monoisotopic (exact) mass is 253 g/mol. The van der Waals surface area contributed by atoms with Gasteiger partial charge >= 0.3 is 0 Å². The van der Waals surface area contributed by atoms with Crippen molar-refractivity contribution in [3.8, 4) is 12.3 Å². The minimum atomic E-state index is -3.57. The Hall–Kier alpha value is -1.35. The third-order valence-corrected chi connectivity index (χ3v) is 4.26. The second-order valence-electron chi connectivity index (χ2n) is 3.44. The first-order chi connectivity index (χ1) is 8.06. The lowest BCUT2D eigenvalue weighted by Gasteiger charge is -2.18. The van der Waals surface area contributed by atoms with Crippen LogP contribution >= 0.6 is 0 Å². The van der Waals surface area contributed by atoms with Gasteiger partial charge in [0.05, 0.1) is 18.0 Å². The van der Waals surface area contributed by atoms with Gasteiger partial charge in [-0.05, 0) is 17.7 Å². The molecular formula is C12H15NO3S. The average molecular weight is 253 g/mol. The summed E-state index contributed by atoms with van der Waals surface area (Å²) < 4.78 is 25.6. The van der Waals surface area contributed by atoms with Crippen LogP contribution in [0, 0.1) is 12.3 Å². The highest BCUT2D eigenvalue weighted by Gasteiger charge is 2.22. The van der Waals surface area contributed by atoms with Crippen molar-refractivity contribution in [3.05, 3.63) is 29.8 Å². The van der Waals surface area contributed by atoms with E-state index in [9.17, 15) is 8.42 Å². The molecule has 0 heterocycles. The molecule has 0 radical (unpaired) electrons. The zero-order valence-corrected chi connectivity index (χ0v) is 10.4. The average Bonchev–Trinajstić information content (AvgIpc) is 2.35. The Labute approximate surface area is 102 Å². The van der Waals surface area contributed by atoms with Crippen LogP contribution in [-0.2, 0) is 16.6 Å². The highest BCUT2D eigenvalue weighted by Crippen LogP contribution is 2.16. The lowest BCUT2D eigenvalue weighted by molar-refractivity contribution is 0.281. The van der Waals surface area contributed by atoms with Crippen LogP contribution in [0.1, 0.15) is 12.5 Å². The van der Waals surface area contributed by atoms with E-state index in [0.717, 1.165) is 0 Å². The molecule has 0 amide bonds. The van der Waals surface area contributed by atoms with Gasteiger partial charge in [-0.15, -0.1) is 6.42 Å². The van der Waals surface area contributed by atoms with Crippen LogP contribution in [0.4, 0.5) is 0 Å². The van der Waals surface area contributed by atoms with Crippen molar-refractivity contribution < 1.29 is 13.5 Å². The number of rotatable bonds is 5. The van der Waals surface area contributed by atoms with Gasteiger partial charge in [-0.2, -0.15) is 4.31 Å². The summed E-state index contributed by atoms with van der Waals surface area (Å²) in [5.74, 6) is 2.32. The van der Waals surface area contributed by atoms with Gasteiger partial charge in [-0.3, -0.25) is 0 Å². The van der Waals surface area contributed by atoms with Crippen molar-refractivity contribution in [2.24, 2.45) is 0 Å². The third kappa shape index (κ3) is 3.07. The number of hydrogen-bond donors (Lipinski definition) is 1. The van der Waals surface area contributed by atoms with Crippen molar-refractivity contribution in [1.82, 2.24) is 4.31 Å². The molecule has 1 rings (SSSR count). The SMILES string of the molecule is C#CCN(CC)S(=O)(=O)c1cccc(CO)c1. The standard InChI is InChI=1S/C12H15NO3S/c1-3-8-13(4-2)17(15,16)12-7-5-6-11(9-12)10-14/h1,5-7,9,14H,4,8,10H2,2H3. The Balaban J connectivity index is 3.16. The summed E-state index contributed by atoms with van der Waals surface area (Å²) in [6.07, 6.45) is 5.14. The first-order valence-corrected chi connectivity index (χ1v) is 6.63. The number of benzene rings is 1. The molecular weight excluding hydrogens is 238 g/mol. The molecule has 1 aromatic rings. The van der Waals surface area contributed by atoms with E-state index in [-0.39, 0.29) is 18.0 Å². The molecule has 4 nitrogen and oxygen atoms in total. The topological polar surface area (TPSA) is 57.6 Å². The lowest BCUT2D eigenvalue weighted by Crippen LogP contribution is -2.31. The van der Waals surface area contributed by atoms with Gasteiger partial charge in [0.25, 0.3) is 0 Å². The highest BCUT2D eigenvalue weighted by molar-refractivity contribution is 7.89. The van der Waals surface area contributed by atoms with Crippen molar-refractivity contribution in [2.75, 3.05) is 13.1 Å². The van der Waals surface area contributed by atoms with E-state index >= 15 is 0 Å². The minimum absolute atomic E-state index is 0.0438. The van der Waals surface area contributed by atoms with Crippen molar-refractivity contribution in [1.29, 1.82) is 0 Å². The van der Waals surface area contributed by atoms with Crippen LogP contribution in [0.15, 0.2) is 29.2 Å². The fourth-order valence-electron chi connectivity index (χ4n) is 1.42. The maximum absolute atomic E-state index is 12.2. The highest BCUT2D eigenvalue weighted by atomic mass is 32.2. The van der Waals surface area contributed by atoms with Crippen molar-refractivity contribution >= 4 is 10.0 Å². The molecule has 0 aromatic heterocycles. The molecule has 1 aromatic carbocycles. The van der Waals surface area contributed by atoms with Crippen molar-refractivity contribution in [2.45, 2.75) is 18.4 Å². The summed E-state index contributed by atoms with van der Waals surface area (Å²) in [6.45, 7) is 1.90. The lowest BCUT2D eigenvalue weighted by atomic mass is 10.2. The number of hydrogen-bond acceptors (Lipinski definition) is 3. The number of sulfonamides is 1. The zero-order chi connectivity index (χ0) is 12.9. The second kappa shape index (κ2) is 5.82. The normalized spacial score (nSPS) is 11.4. The molecule has 0 saturated carbocycles. The summed E-state index contributed by atoms with van der Waals surface area (Å²) in [6, 6.07) is 6.21. The van der Waals surface area contributed by atoms with Gasteiger partial charge in [-0.25, -0.2) is 8.42 Å². The van der Waals surface area contributed by atoms with Crippen LogP contribution in [0.2, 0.25) is 0 Å². The van der Waals surface area contributed by atoms with Crippen LogP contribution in [-0.4, -0.2) is 30.9 Å². The predicted octanol–water partition coefficient (Wildman–Crippen LogP) is 0.823. The first-order valence-electron chi connectivity index (χ1n) is 5.19. The molecule has 5 heteroatoms. The maximum atomic E-state index is 12.2. The van der Waals surface area contributed by atoms with E-state index < -0.39 is 10.0 Å². The first kappa shape index (κ1) is 13.7. The van der Waals surface area contributed by atoms with Crippen LogP contribution < -0.4 is 0 Å². The molecule has 0 aliphatic rings. The van der Waals surface area contributed by atoms with Gasteiger partial charge in [0.1, 0.15) is 0 Å². The molecule has 0 aliphatic heterocycles. The third-order valence-electron chi connectivity index (χ3n) is 2.34. The minimum Gasteiger partial charge on any atom is -0.392 e. The van der Waals surface area contributed by atoms with Crippen LogP contribution in [0.5, 0.6) is 0 Å². The largest absolute Gasteiger partial charge is 0.392 e. The fourth-order valence-corrected chi connectivity index (χ4v) is 2.86. The zero-order valence-electron chi connectivity index (χ0n) is 9.63.